The second-order valence-electron chi connectivity index (χ2n) is 14.6. The van der Waals surface area contributed by atoms with Crippen molar-refractivity contribution in [1.29, 1.82) is 0 Å². The van der Waals surface area contributed by atoms with Crippen LogP contribution in [0.15, 0.2) is 73.2 Å². The number of hydrogen-bond acceptors (Lipinski definition) is 10. The predicted molar refractivity (Wildman–Crippen MR) is 213 cm³/mol. The highest BCUT2D eigenvalue weighted by molar-refractivity contribution is 6.06. The van der Waals surface area contributed by atoms with Crippen LogP contribution in [0.3, 0.4) is 0 Å². The first kappa shape index (κ1) is 43.8. The standard InChI is InChI=1S/C41H47F3N8O7/c1-25-21-45-24-52(25)32-18-28(17-29(19-32)41(42,43)44)38(55)49-31-9-6-8-27(16-31)22-47-30-10-11-33-34(20-30)50-51-36(33)39(56)48-26(2)37(54)46-12-15-57-13-7-14-58-23-35(53)59-40(3,4)5/h6,8-11,16-21,24,26,47H,7,12-15,22-23H2,1-5H3,(H,46,54)(H,48,56)(H,49,55)(H,50,51)/t26-/m0/s1. The lowest BCUT2D eigenvalue weighted by molar-refractivity contribution is -0.160. The molecule has 0 aliphatic carbocycles. The molecule has 314 valence electrons. The van der Waals surface area contributed by atoms with Gasteiger partial charge in [-0.05, 0) is 95.1 Å². The van der Waals surface area contributed by atoms with E-state index in [1.165, 1.54) is 23.2 Å². The maximum atomic E-state index is 13.8. The maximum absolute atomic E-state index is 13.8. The van der Waals surface area contributed by atoms with Crippen LogP contribution in [0.1, 0.15) is 71.8 Å². The topological polar surface area (TPSA) is 191 Å². The van der Waals surface area contributed by atoms with Crippen molar-refractivity contribution in [2.24, 2.45) is 0 Å². The highest BCUT2D eigenvalue weighted by Crippen LogP contribution is 2.32. The summed E-state index contributed by atoms with van der Waals surface area (Å²) >= 11 is 0. The third kappa shape index (κ3) is 12.9. The third-order valence-electron chi connectivity index (χ3n) is 8.57. The number of amides is 3. The Morgan fingerprint density at radius 2 is 1.69 bits per heavy atom. The van der Waals surface area contributed by atoms with Gasteiger partial charge in [0.15, 0.2) is 5.69 Å². The number of nitrogens with zero attached hydrogens (tertiary/aromatic N) is 3. The lowest BCUT2D eigenvalue weighted by Gasteiger charge is -2.19. The summed E-state index contributed by atoms with van der Waals surface area (Å²) in [5, 5.41) is 18.9. The number of rotatable bonds is 18. The van der Waals surface area contributed by atoms with Crippen molar-refractivity contribution in [2.75, 3.05) is 43.6 Å². The number of benzene rings is 3. The molecule has 3 aromatic carbocycles. The Bertz CT molecular complexity index is 2260. The summed E-state index contributed by atoms with van der Waals surface area (Å²) in [7, 11) is 0. The van der Waals surface area contributed by atoms with Crippen LogP contribution >= 0.6 is 0 Å². The Kier molecular flexibility index (Phi) is 14.5. The van der Waals surface area contributed by atoms with Crippen molar-refractivity contribution in [3.63, 3.8) is 0 Å². The highest BCUT2D eigenvalue weighted by Gasteiger charge is 2.32. The van der Waals surface area contributed by atoms with Gasteiger partial charge in [-0.1, -0.05) is 12.1 Å². The third-order valence-corrected chi connectivity index (χ3v) is 8.57. The van der Waals surface area contributed by atoms with E-state index in [1.807, 2.05) is 6.07 Å². The number of aromatic amines is 1. The van der Waals surface area contributed by atoms with Crippen LogP contribution in [0.5, 0.6) is 0 Å². The first-order valence-electron chi connectivity index (χ1n) is 18.8. The molecule has 0 aliphatic heterocycles. The molecule has 0 unspecified atom stereocenters. The van der Waals surface area contributed by atoms with Gasteiger partial charge in [0, 0.05) is 66.2 Å². The zero-order valence-electron chi connectivity index (χ0n) is 33.3. The minimum atomic E-state index is -4.67. The zero-order valence-corrected chi connectivity index (χ0v) is 33.3. The number of halogens is 3. The SMILES string of the molecule is Cc1cncn1-c1cc(C(=O)Nc2cccc(CNc3ccc4c(C(=O)N[C@@H](C)C(=O)NCCOCCCOCC(=O)OC(C)(C)C)n[nH]c4c3)c2)cc(C(F)(F)F)c1. The molecule has 0 aliphatic rings. The number of carbonyl (C=O) groups excluding carboxylic acids is 4. The minimum absolute atomic E-state index is 0.111. The van der Waals surface area contributed by atoms with Crippen molar-refractivity contribution in [3.8, 4) is 5.69 Å². The van der Waals surface area contributed by atoms with Gasteiger partial charge in [-0.3, -0.25) is 19.5 Å². The second-order valence-corrected chi connectivity index (χ2v) is 14.6. The highest BCUT2D eigenvalue weighted by atomic mass is 19.4. The Hall–Kier alpha value is -6.27. The van der Waals surface area contributed by atoms with Crippen LogP contribution in [0, 0.1) is 6.92 Å². The van der Waals surface area contributed by atoms with Crippen LogP contribution in [-0.4, -0.2) is 88.1 Å². The molecule has 59 heavy (non-hydrogen) atoms. The molecule has 5 N–H and O–H groups in total. The molecule has 3 amide bonds. The minimum Gasteiger partial charge on any atom is -0.458 e. The summed E-state index contributed by atoms with van der Waals surface area (Å²) in [5.74, 6) is -2.09. The number of aromatic nitrogens is 4. The predicted octanol–water partition coefficient (Wildman–Crippen LogP) is 5.94. The molecule has 5 aromatic rings. The number of aryl methyl sites for hydroxylation is 1. The van der Waals surface area contributed by atoms with Crippen LogP contribution in [0.4, 0.5) is 24.5 Å². The van der Waals surface area contributed by atoms with Crippen molar-refractivity contribution in [3.05, 3.63) is 101 Å². The molecule has 15 nitrogen and oxygen atoms in total. The average Bonchev–Trinajstić information content (AvgIpc) is 3.81. The number of alkyl halides is 3. The fourth-order valence-corrected chi connectivity index (χ4v) is 5.77. The van der Waals surface area contributed by atoms with E-state index in [0.717, 1.165) is 17.7 Å². The smallest absolute Gasteiger partial charge is 0.416 e. The largest absolute Gasteiger partial charge is 0.458 e. The quantitative estimate of drug-likeness (QED) is 0.0523. The summed E-state index contributed by atoms with van der Waals surface area (Å²) in [5.41, 5.74) is 1.60. The van der Waals surface area contributed by atoms with Gasteiger partial charge in [-0.25, -0.2) is 9.78 Å². The average molecular weight is 821 g/mol. The Balaban J connectivity index is 1.07. The monoisotopic (exact) mass is 820 g/mol. The molecule has 0 saturated carbocycles. The van der Waals surface area contributed by atoms with Crippen molar-refractivity contribution in [2.45, 2.75) is 65.4 Å². The molecular formula is C41H47F3N8O7. The van der Waals surface area contributed by atoms with Crippen LogP contribution < -0.4 is 21.3 Å². The zero-order chi connectivity index (χ0) is 42.7. The number of anilines is 2. The lowest BCUT2D eigenvalue weighted by Crippen LogP contribution is -2.45. The number of nitrogens with one attached hydrogen (secondary N) is 5. The van der Waals surface area contributed by atoms with Crippen molar-refractivity contribution >= 4 is 46.0 Å². The van der Waals surface area contributed by atoms with E-state index in [9.17, 15) is 32.3 Å². The van der Waals surface area contributed by atoms with Gasteiger partial charge in [0.2, 0.25) is 5.91 Å². The van der Waals surface area contributed by atoms with E-state index in [-0.39, 0.29) is 36.7 Å². The van der Waals surface area contributed by atoms with Crippen molar-refractivity contribution in [1.82, 2.24) is 30.4 Å². The molecule has 18 heteroatoms. The number of fused-ring (bicyclic) bond motifs is 1. The van der Waals surface area contributed by atoms with E-state index < -0.39 is 47.1 Å². The van der Waals surface area contributed by atoms with Gasteiger partial charge < -0.3 is 40.0 Å². The van der Waals surface area contributed by atoms with Crippen LogP contribution in [0.25, 0.3) is 16.6 Å². The number of carbonyl (C=O) groups is 4. The van der Waals surface area contributed by atoms with E-state index in [1.54, 1.807) is 71.0 Å². The summed E-state index contributed by atoms with van der Waals surface area (Å²) in [6.45, 7) is 9.95. The molecular weight excluding hydrogens is 773 g/mol. The number of imidazole rings is 1. The van der Waals surface area contributed by atoms with Gasteiger partial charge in [0.1, 0.15) is 18.2 Å². The molecule has 5 rings (SSSR count). The maximum Gasteiger partial charge on any atom is 0.416 e. The Morgan fingerprint density at radius 1 is 0.915 bits per heavy atom. The molecule has 0 fully saturated rings. The molecule has 1 atom stereocenters. The number of H-pyrrole nitrogens is 1. The van der Waals surface area contributed by atoms with E-state index in [0.29, 0.717) is 54.2 Å². The molecule has 2 heterocycles. The van der Waals surface area contributed by atoms with Gasteiger partial charge in [-0.2, -0.15) is 18.3 Å². The Morgan fingerprint density at radius 3 is 2.42 bits per heavy atom. The molecule has 2 aromatic heterocycles. The van der Waals surface area contributed by atoms with Gasteiger partial charge in [0.25, 0.3) is 11.8 Å². The second kappa shape index (κ2) is 19.5. The van der Waals surface area contributed by atoms with Crippen LogP contribution in [0.2, 0.25) is 0 Å². The van der Waals surface area contributed by atoms with Crippen molar-refractivity contribution < 1.29 is 46.6 Å². The number of hydrogen-bond donors (Lipinski definition) is 5. The van der Waals surface area contributed by atoms with Gasteiger partial charge in [0.05, 0.1) is 24.0 Å². The molecule has 0 radical (unpaired) electrons. The lowest BCUT2D eigenvalue weighted by atomic mass is 10.1. The fraction of sp³-hybridized carbons (Fsp3) is 0.366. The van der Waals surface area contributed by atoms with Gasteiger partial charge >= 0.3 is 12.1 Å². The Labute approximate surface area is 338 Å². The summed E-state index contributed by atoms with van der Waals surface area (Å²) in [6.07, 6.45) is -1.22. The van der Waals surface area contributed by atoms with Gasteiger partial charge in [-0.15, -0.1) is 0 Å². The first-order valence-corrected chi connectivity index (χ1v) is 18.8. The van der Waals surface area contributed by atoms with Crippen LogP contribution in [-0.2, 0) is 36.5 Å². The normalized spacial score (nSPS) is 12.2. The molecule has 0 bridgehead atoms. The molecule has 0 saturated heterocycles. The molecule has 0 spiro atoms. The number of esters is 1. The summed E-state index contributed by atoms with van der Waals surface area (Å²) in [6, 6.07) is 14.4. The van der Waals surface area contributed by atoms with E-state index in [2.05, 4.69) is 36.4 Å². The first-order chi connectivity index (χ1) is 28.0. The fourth-order valence-electron chi connectivity index (χ4n) is 5.77. The summed E-state index contributed by atoms with van der Waals surface area (Å²) < 4.78 is 58.7. The van der Waals surface area contributed by atoms with E-state index >= 15 is 0 Å². The number of ether oxygens (including phenoxy) is 3. The van der Waals surface area contributed by atoms with E-state index in [4.69, 9.17) is 14.2 Å². The summed E-state index contributed by atoms with van der Waals surface area (Å²) in [4.78, 5) is 54.5.